The van der Waals surface area contributed by atoms with Crippen molar-refractivity contribution in [2.75, 3.05) is 6.54 Å². The number of halogens is 1. The highest BCUT2D eigenvalue weighted by Crippen LogP contribution is 2.29. The van der Waals surface area contributed by atoms with Crippen molar-refractivity contribution >= 4 is 23.3 Å². The summed E-state index contributed by atoms with van der Waals surface area (Å²) in [6.45, 7) is 10.1. The van der Waals surface area contributed by atoms with Crippen LogP contribution in [0.2, 0.25) is 0 Å². The monoisotopic (exact) mass is 299 g/mol. The van der Waals surface area contributed by atoms with E-state index in [-0.39, 0.29) is 5.82 Å². The van der Waals surface area contributed by atoms with Crippen LogP contribution in [0.15, 0.2) is 54.4 Å². The SMILES string of the molecule is C=C=C1/C(=C/c2cc(C)ccc2F)CCC(=S)N1CC=C. The van der Waals surface area contributed by atoms with Gasteiger partial charge in [0.15, 0.2) is 0 Å². The second kappa shape index (κ2) is 6.66. The molecule has 0 N–H and O–H groups in total. The van der Waals surface area contributed by atoms with Gasteiger partial charge in [0.25, 0.3) is 0 Å². The predicted molar refractivity (Wildman–Crippen MR) is 90.5 cm³/mol. The number of benzene rings is 1. The Hall–Kier alpha value is -1.96. The molecule has 0 aliphatic carbocycles. The third-order valence-corrected chi connectivity index (χ3v) is 3.87. The first-order valence-corrected chi connectivity index (χ1v) is 7.26. The van der Waals surface area contributed by atoms with Crippen LogP contribution in [0.3, 0.4) is 0 Å². The number of hydrogen-bond acceptors (Lipinski definition) is 1. The molecule has 2 rings (SSSR count). The topological polar surface area (TPSA) is 3.24 Å². The van der Waals surface area contributed by atoms with Crippen molar-refractivity contribution in [1.82, 2.24) is 4.90 Å². The van der Waals surface area contributed by atoms with Gasteiger partial charge in [-0.2, -0.15) is 0 Å². The molecule has 1 fully saturated rings. The number of thiocarbonyl (C=S) groups is 1. The third-order valence-electron chi connectivity index (χ3n) is 3.44. The largest absolute Gasteiger partial charge is 0.325 e. The second-order valence-electron chi connectivity index (χ2n) is 5.01. The van der Waals surface area contributed by atoms with Gasteiger partial charge >= 0.3 is 0 Å². The van der Waals surface area contributed by atoms with Gasteiger partial charge in [-0.15, -0.1) is 12.3 Å². The van der Waals surface area contributed by atoms with Crippen molar-refractivity contribution in [2.45, 2.75) is 19.8 Å². The molecule has 1 aliphatic heterocycles. The molecular weight excluding hydrogens is 281 g/mol. The number of nitrogens with zero attached hydrogens (tertiary/aromatic N) is 1. The molecule has 108 valence electrons. The Kier molecular flexibility index (Phi) is 4.89. The minimum atomic E-state index is -0.222. The number of hydrogen-bond donors (Lipinski definition) is 0. The summed E-state index contributed by atoms with van der Waals surface area (Å²) in [6, 6.07) is 5.10. The van der Waals surface area contributed by atoms with Crippen molar-refractivity contribution in [3.63, 3.8) is 0 Å². The van der Waals surface area contributed by atoms with Crippen LogP contribution >= 0.6 is 12.2 Å². The van der Waals surface area contributed by atoms with Gasteiger partial charge in [0, 0.05) is 18.5 Å². The van der Waals surface area contributed by atoms with Crippen molar-refractivity contribution < 1.29 is 4.39 Å². The van der Waals surface area contributed by atoms with Crippen LogP contribution in [0.5, 0.6) is 0 Å². The van der Waals surface area contributed by atoms with Crippen LogP contribution in [0.4, 0.5) is 4.39 Å². The number of piperidine rings is 1. The molecule has 1 nitrogen and oxygen atoms in total. The van der Waals surface area contributed by atoms with Gasteiger partial charge < -0.3 is 4.90 Å². The lowest BCUT2D eigenvalue weighted by atomic mass is 9.97. The minimum Gasteiger partial charge on any atom is -0.325 e. The number of rotatable bonds is 3. The van der Waals surface area contributed by atoms with Crippen LogP contribution < -0.4 is 0 Å². The summed E-state index contributed by atoms with van der Waals surface area (Å²) in [6.07, 6.45) is 5.21. The number of aryl methyl sites for hydroxylation is 1. The van der Waals surface area contributed by atoms with Crippen LogP contribution in [0.1, 0.15) is 24.0 Å². The molecule has 0 amide bonds. The van der Waals surface area contributed by atoms with Crippen LogP contribution in [-0.2, 0) is 0 Å². The lowest BCUT2D eigenvalue weighted by Gasteiger charge is -2.31. The van der Waals surface area contributed by atoms with E-state index in [1.807, 2.05) is 24.0 Å². The maximum absolute atomic E-state index is 13.9. The molecule has 0 aromatic heterocycles. The van der Waals surface area contributed by atoms with E-state index < -0.39 is 0 Å². The van der Waals surface area contributed by atoms with Gasteiger partial charge in [-0.1, -0.05) is 36.5 Å². The first-order valence-electron chi connectivity index (χ1n) is 6.85. The molecule has 1 aromatic rings. The van der Waals surface area contributed by atoms with E-state index >= 15 is 0 Å². The Morgan fingerprint density at radius 3 is 2.86 bits per heavy atom. The Bertz CT molecular complexity index is 666. The number of allylic oxidation sites excluding steroid dienone is 1. The summed E-state index contributed by atoms with van der Waals surface area (Å²) in [7, 11) is 0. The molecule has 0 spiro atoms. The van der Waals surface area contributed by atoms with E-state index in [1.54, 1.807) is 12.1 Å². The van der Waals surface area contributed by atoms with Gasteiger partial charge in [0.1, 0.15) is 5.82 Å². The second-order valence-corrected chi connectivity index (χ2v) is 5.48. The predicted octanol–water partition coefficient (Wildman–Crippen LogP) is 4.80. The molecule has 0 unspecified atom stereocenters. The van der Waals surface area contributed by atoms with Gasteiger partial charge in [0.2, 0.25) is 0 Å². The molecule has 0 bridgehead atoms. The van der Waals surface area contributed by atoms with Gasteiger partial charge in [-0.05, 0) is 37.1 Å². The highest BCUT2D eigenvalue weighted by atomic mass is 32.1. The average Bonchev–Trinajstić information content (AvgIpc) is 2.46. The fourth-order valence-corrected chi connectivity index (χ4v) is 2.69. The summed E-state index contributed by atoms with van der Waals surface area (Å²) in [5.74, 6) is -0.222. The molecular formula is C18H18FNS. The zero-order chi connectivity index (χ0) is 15.4. The smallest absolute Gasteiger partial charge is 0.130 e. The molecule has 3 heteroatoms. The van der Waals surface area contributed by atoms with Crippen LogP contribution in [0.25, 0.3) is 6.08 Å². The molecule has 1 heterocycles. The van der Waals surface area contributed by atoms with E-state index in [0.29, 0.717) is 12.1 Å². The summed E-state index contributed by atoms with van der Waals surface area (Å²) >= 11 is 5.39. The number of likely N-dealkylation sites (tertiary alicyclic amines) is 1. The third kappa shape index (κ3) is 3.38. The molecule has 1 aromatic carbocycles. The van der Waals surface area contributed by atoms with Crippen LogP contribution in [0, 0.1) is 12.7 Å². The quantitative estimate of drug-likeness (QED) is 0.448. The van der Waals surface area contributed by atoms with E-state index in [1.165, 1.54) is 6.07 Å². The summed E-state index contributed by atoms with van der Waals surface area (Å²) in [4.78, 5) is 2.81. The van der Waals surface area contributed by atoms with E-state index in [0.717, 1.165) is 34.7 Å². The Morgan fingerprint density at radius 1 is 1.43 bits per heavy atom. The first-order chi connectivity index (χ1) is 10.1. The highest BCUT2D eigenvalue weighted by Gasteiger charge is 2.23. The van der Waals surface area contributed by atoms with E-state index in [2.05, 4.69) is 18.9 Å². The zero-order valence-electron chi connectivity index (χ0n) is 12.2. The standard InChI is InChI=1S/C18H18FNS/c1-4-10-20-17(5-2)14(7-9-18(20)21)12-15-11-13(3)6-8-16(15)19/h4,6,8,11-12H,1-2,7,9-10H2,3H3/b14-12+. The first kappa shape index (κ1) is 15.4. The summed E-state index contributed by atoms with van der Waals surface area (Å²) < 4.78 is 13.9. The van der Waals surface area contributed by atoms with Crippen molar-refractivity contribution in [1.29, 1.82) is 0 Å². The normalized spacial score (nSPS) is 17.0. The fourth-order valence-electron chi connectivity index (χ4n) is 2.43. The van der Waals surface area contributed by atoms with Gasteiger partial charge in [-0.3, -0.25) is 0 Å². The average molecular weight is 299 g/mol. The Balaban J connectivity index is 2.44. The minimum absolute atomic E-state index is 0.222. The summed E-state index contributed by atoms with van der Waals surface area (Å²) in [5, 5.41) is 0. The molecule has 21 heavy (non-hydrogen) atoms. The Morgan fingerprint density at radius 2 is 2.19 bits per heavy atom. The highest BCUT2D eigenvalue weighted by molar-refractivity contribution is 7.80. The van der Waals surface area contributed by atoms with Gasteiger partial charge in [-0.25, -0.2) is 4.39 Å². The van der Waals surface area contributed by atoms with E-state index in [4.69, 9.17) is 12.2 Å². The van der Waals surface area contributed by atoms with Gasteiger partial charge in [0.05, 0.1) is 10.7 Å². The molecule has 0 radical (unpaired) electrons. The molecule has 0 saturated carbocycles. The molecule has 0 atom stereocenters. The van der Waals surface area contributed by atoms with Crippen LogP contribution in [-0.4, -0.2) is 16.4 Å². The zero-order valence-corrected chi connectivity index (χ0v) is 13.0. The van der Waals surface area contributed by atoms with Crippen molar-refractivity contribution in [2.24, 2.45) is 0 Å². The lowest BCUT2D eigenvalue weighted by Crippen LogP contribution is -2.33. The lowest BCUT2D eigenvalue weighted by molar-refractivity contribution is 0.549. The summed E-state index contributed by atoms with van der Waals surface area (Å²) in [5.41, 5.74) is 6.39. The van der Waals surface area contributed by atoms with E-state index in [9.17, 15) is 4.39 Å². The van der Waals surface area contributed by atoms with Crippen molar-refractivity contribution in [3.05, 3.63) is 71.4 Å². The maximum Gasteiger partial charge on any atom is 0.130 e. The Labute approximate surface area is 130 Å². The molecule has 1 saturated heterocycles. The fraction of sp³-hybridized carbons (Fsp3) is 0.222. The van der Waals surface area contributed by atoms with Crippen molar-refractivity contribution in [3.8, 4) is 0 Å². The molecule has 1 aliphatic rings. The maximum atomic E-state index is 13.9.